The van der Waals surface area contributed by atoms with E-state index in [9.17, 15) is 0 Å². The lowest BCUT2D eigenvalue weighted by Crippen LogP contribution is -1.65. The second kappa shape index (κ2) is 2.91. The van der Waals surface area contributed by atoms with Gasteiger partial charge in [-0.3, -0.25) is 0 Å². The molecule has 46 valence electrons. The van der Waals surface area contributed by atoms with Crippen LogP contribution in [0.25, 0.3) is 0 Å². The number of nitrogens with one attached hydrogen (secondary N) is 1. The van der Waals surface area contributed by atoms with Gasteiger partial charge in [-0.25, -0.2) is 5.53 Å². The quantitative estimate of drug-likeness (QED) is 0.570. The van der Waals surface area contributed by atoms with E-state index in [2.05, 4.69) is 27.7 Å². The molecule has 0 aliphatic heterocycles. The molecule has 0 heterocycles. The first-order valence-corrected chi connectivity index (χ1v) is 3.54. The van der Waals surface area contributed by atoms with E-state index >= 15 is 0 Å². The van der Waals surface area contributed by atoms with Crippen LogP contribution in [0.5, 0.6) is 0 Å². The minimum absolute atomic E-state index is 0.710. The molecular formula is C6H5IN2. The normalized spacial score (nSPS) is 9.00. The molecule has 0 bridgehead atoms. The number of hydrogen-bond donors (Lipinski definition) is 1. The average molecular weight is 232 g/mol. The summed E-state index contributed by atoms with van der Waals surface area (Å²) in [4.78, 5) is 0. The van der Waals surface area contributed by atoms with E-state index in [-0.39, 0.29) is 0 Å². The van der Waals surface area contributed by atoms with Crippen molar-refractivity contribution >= 4 is 28.3 Å². The molecule has 0 aliphatic carbocycles. The SMILES string of the molecule is N=Nc1cccc(I)c1. The van der Waals surface area contributed by atoms with Crippen molar-refractivity contribution in [2.75, 3.05) is 0 Å². The summed E-state index contributed by atoms with van der Waals surface area (Å²) in [5, 5.41) is 3.28. The number of hydrogen-bond acceptors (Lipinski definition) is 2. The summed E-state index contributed by atoms with van der Waals surface area (Å²) in [5.41, 5.74) is 7.37. The van der Waals surface area contributed by atoms with Crippen molar-refractivity contribution in [2.24, 2.45) is 5.11 Å². The predicted octanol–water partition coefficient (Wildman–Crippen LogP) is 2.95. The van der Waals surface area contributed by atoms with Gasteiger partial charge in [-0.1, -0.05) is 6.07 Å². The van der Waals surface area contributed by atoms with E-state index in [1.54, 1.807) is 6.07 Å². The van der Waals surface area contributed by atoms with Crippen molar-refractivity contribution in [3.8, 4) is 0 Å². The number of rotatable bonds is 1. The molecule has 9 heavy (non-hydrogen) atoms. The first-order chi connectivity index (χ1) is 4.33. The van der Waals surface area contributed by atoms with Gasteiger partial charge in [0.25, 0.3) is 0 Å². The molecule has 0 radical (unpaired) electrons. The van der Waals surface area contributed by atoms with E-state index in [1.807, 2.05) is 18.2 Å². The molecule has 0 unspecified atom stereocenters. The van der Waals surface area contributed by atoms with Crippen LogP contribution in [0.3, 0.4) is 0 Å². The van der Waals surface area contributed by atoms with Gasteiger partial charge in [0, 0.05) is 3.57 Å². The van der Waals surface area contributed by atoms with Gasteiger partial charge >= 0.3 is 0 Å². The van der Waals surface area contributed by atoms with E-state index < -0.39 is 0 Å². The fourth-order valence-corrected chi connectivity index (χ4v) is 1.07. The molecule has 2 nitrogen and oxygen atoms in total. The Kier molecular flexibility index (Phi) is 2.16. The van der Waals surface area contributed by atoms with E-state index in [4.69, 9.17) is 5.53 Å². The van der Waals surface area contributed by atoms with Crippen LogP contribution >= 0.6 is 22.6 Å². The monoisotopic (exact) mass is 232 g/mol. The molecule has 0 saturated carbocycles. The highest BCUT2D eigenvalue weighted by molar-refractivity contribution is 14.1. The Labute approximate surface area is 66.9 Å². The molecule has 0 spiro atoms. The van der Waals surface area contributed by atoms with Crippen LogP contribution in [0.1, 0.15) is 0 Å². The molecule has 0 fully saturated rings. The van der Waals surface area contributed by atoms with Crippen LogP contribution in [0.2, 0.25) is 0 Å². The molecule has 3 heteroatoms. The molecule has 0 atom stereocenters. The van der Waals surface area contributed by atoms with Crippen molar-refractivity contribution in [3.63, 3.8) is 0 Å². The van der Waals surface area contributed by atoms with Gasteiger partial charge in [-0.2, -0.15) is 5.11 Å². The Hall–Kier alpha value is -0.450. The van der Waals surface area contributed by atoms with Gasteiger partial charge < -0.3 is 0 Å². The van der Waals surface area contributed by atoms with Gasteiger partial charge in [-0.15, -0.1) is 0 Å². The van der Waals surface area contributed by atoms with Crippen molar-refractivity contribution in [1.29, 1.82) is 5.53 Å². The summed E-state index contributed by atoms with van der Waals surface area (Å²) in [6, 6.07) is 7.51. The van der Waals surface area contributed by atoms with Crippen LogP contribution in [-0.4, -0.2) is 0 Å². The van der Waals surface area contributed by atoms with Crippen LogP contribution < -0.4 is 0 Å². The van der Waals surface area contributed by atoms with Crippen LogP contribution in [-0.2, 0) is 0 Å². The van der Waals surface area contributed by atoms with Crippen molar-refractivity contribution in [3.05, 3.63) is 27.8 Å². The standard InChI is InChI=1S/C6H5IN2/c7-5-2-1-3-6(4-5)9-8/h1-4,8H. The van der Waals surface area contributed by atoms with Crippen molar-refractivity contribution in [1.82, 2.24) is 0 Å². The highest BCUT2D eigenvalue weighted by Crippen LogP contribution is 2.14. The maximum absolute atomic E-state index is 6.66. The maximum atomic E-state index is 6.66. The molecule has 0 aromatic heterocycles. The van der Waals surface area contributed by atoms with Crippen LogP contribution in [0, 0.1) is 9.10 Å². The average Bonchev–Trinajstić information content (AvgIpc) is 1.88. The summed E-state index contributed by atoms with van der Waals surface area (Å²) in [6.07, 6.45) is 0. The van der Waals surface area contributed by atoms with Crippen molar-refractivity contribution in [2.45, 2.75) is 0 Å². The topological polar surface area (TPSA) is 36.2 Å². The molecule has 1 aromatic carbocycles. The highest BCUT2D eigenvalue weighted by atomic mass is 127. The van der Waals surface area contributed by atoms with Gasteiger partial charge in [0.2, 0.25) is 0 Å². The van der Waals surface area contributed by atoms with Crippen LogP contribution in [0.15, 0.2) is 29.4 Å². The zero-order valence-electron chi connectivity index (χ0n) is 4.63. The maximum Gasteiger partial charge on any atom is 0.0860 e. The first kappa shape index (κ1) is 6.67. The number of halogens is 1. The summed E-state index contributed by atoms with van der Waals surface area (Å²) in [5.74, 6) is 0. The Bertz CT molecular complexity index is 222. The minimum Gasteiger partial charge on any atom is -0.204 e. The molecular weight excluding hydrogens is 227 g/mol. The second-order valence-electron chi connectivity index (χ2n) is 1.59. The molecule has 0 saturated heterocycles. The van der Waals surface area contributed by atoms with E-state index in [0.717, 1.165) is 3.57 Å². The Morgan fingerprint density at radius 3 is 2.67 bits per heavy atom. The zero-order valence-corrected chi connectivity index (χ0v) is 6.79. The lowest BCUT2D eigenvalue weighted by atomic mass is 10.3. The third kappa shape index (κ3) is 1.74. The first-order valence-electron chi connectivity index (χ1n) is 2.46. The highest BCUT2D eigenvalue weighted by Gasteiger charge is 1.86. The smallest absolute Gasteiger partial charge is 0.0860 e. The lowest BCUT2D eigenvalue weighted by molar-refractivity contribution is 1.15. The summed E-state index contributed by atoms with van der Waals surface area (Å²) < 4.78 is 1.11. The third-order valence-corrected chi connectivity index (χ3v) is 1.61. The molecule has 0 amide bonds. The molecule has 1 rings (SSSR count). The van der Waals surface area contributed by atoms with Crippen molar-refractivity contribution < 1.29 is 0 Å². The Morgan fingerprint density at radius 1 is 1.44 bits per heavy atom. The number of nitrogens with zero attached hydrogens (tertiary/aromatic N) is 1. The summed E-state index contributed by atoms with van der Waals surface area (Å²) in [6.45, 7) is 0. The van der Waals surface area contributed by atoms with Gasteiger partial charge in [0.1, 0.15) is 0 Å². The molecule has 1 N–H and O–H groups in total. The predicted molar refractivity (Wildman–Crippen MR) is 44.0 cm³/mol. The molecule has 0 aliphatic rings. The summed E-state index contributed by atoms with van der Waals surface area (Å²) in [7, 11) is 0. The fraction of sp³-hybridized carbons (Fsp3) is 0. The van der Waals surface area contributed by atoms with Gasteiger partial charge in [0.15, 0.2) is 0 Å². The Morgan fingerprint density at radius 2 is 2.22 bits per heavy atom. The largest absolute Gasteiger partial charge is 0.204 e. The third-order valence-electron chi connectivity index (χ3n) is 0.937. The van der Waals surface area contributed by atoms with E-state index in [0.29, 0.717) is 5.69 Å². The fourth-order valence-electron chi connectivity index (χ4n) is 0.546. The van der Waals surface area contributed by atoms with Crippen LogP contribution in [0.4, 0.5) is 5.69 Å². The van der Waals surface area contributed by atoms with E-state index in [1.165, 1.54) is 0 Å². The Balaban J connectivity index is 3.07. The molecule has 1 aromatic rings. The minimum atomic E-state index is 0.710. The lowest BCUT2D eigenvalue weighted by Gasteiger charge is -1.88. The van der Waals surface area contributed by atoms with Gasteiger partial charge in [-0.05, 0) is 40.8 Å². The second-order valence-corrected chi connectivity index (χ2v) is 2.84. The van der Waals surface area contributed by atoms with Gasteiger partial charge in [0.05, 0.1) is 5.69 Å². The summed E-state index contributed by atoms with van der Waals surface area (Å²) >= 11 is 2.19. The number of benzene rings is 1. The zero-order chi connectivity index (χ0) is 6.69.